The van der Waals surface area contributed by atoms with Gasteiger partial charge in [-0.25, -0.2) is 4.98 Å². The van der Waals surface area contributed by atoms with Crippen LogP contribution in [-0.4, -0.2) is 26.9 Å². The third-order valence-corrected chi connectivity index (χ3v) is 3.24. The molecule has 0 aliphatic heterocycles. The summed E-state index contributed by atoms with van der Waals surface area (Å²) in [6.45, 7) is 4.15. The first-order valence-electron chi connectivity index (χ1n) is 4.93. The van der Waals surface area contributed by atoms with Crippen molar-refractivity contribution in [1.82, 2.24) is 9.97 Å². The van der Waals surface area contributed by atoms with Crippen LogP contribution in [0.4, 0.5) is 0 Å². The monoisotopic (exact) mass is 222 g/mol. The Morgan fingerprint density at radius 3 is 3.07 bits per heavy atom. The molecule has 1 aromatic carbocycles. The summed E-state index contributed by atoms with van der Waals surface area (Å²) in [5.41, 5.74) is 2.05. The Labute approximate surface area is 92.9 Å². The fourth-order valence-electron chi connectivity index (χ4n) is 1.46. The van der Waals surface area contributed by atoms with Crippen LogP contribution in [0.15, 0.2) is 23.1 Å². The molecule has 0 aliphatic carbocycles. The number of thioether (sulfide) groups is 1. The zero-order valence-corrected chi connectivity index (χ0v) is 9.64. The Morgan fingerprint density at radius 1 is 1.53 bits per heavy atom. The number of imidazole rings is 1. The van der Waals surface area contributed by atoms with Gasteiger partial charge in [-0.3, -0.25) is 0 Å². The summed E-state index contributed by atoms with van der Waals surface area (Å²) in [7, 11) is 0. The number of nitrogens with zero attached hydrogens (tertiary/aromatic N) is 1. The lowest BCUT2D eigenvalue weighted by atomic mass is 10.3. The molecule has 0 radical (unpaired) electrons. The van der Waals surface area contributed by atoms with Gasteiger partial charge >= 0.3 is 0 Å². The fourth-order valence-corrected chi connectivity index (χ4v) is 2.33. The highest BCUT2D eigenvalue weighted by atomic mass is 32.2. The molecule has 1 atom stereocenters. The number of aliphatic hydroxyl groups excluding tert-OH is 1. The molecule has 0 fully saturated rings. The van der Waals surface area contributed by atoms with Gasteiger partial charge in [-0.1, -0.05) is 6.92 Å². The number of rotatable bonds is 3. The van der Waals surface area contributed by atoms with Crippen molar-refractivity contribution >= 4 is 22.8 Å². The smallest absolute Gasteiger partial charge is 0.104 e. The van der Waals surface area contributed by atoms with E-state index in [-0.39, 0.29) is 11.9 Å². The summed E-state index contributed by atoms with van der Waals surface area (Å²) in [6, 6.07) is 6.12. The van der Waals surface area contributed by atoms with Gasteiger partial charge < -0.3 is 10.1 Å². The second kappa shape index (κ2) is 4.24. The number of aliphatic hydroxyl groups is 1. The van der Waals surface area contributed by atoms with Gasteiger partial charge in [0.2, 0.25) is 0 Å². The summed E-state index contributed by atoms with van der Waals surface area (Å²) in [5, 5.41) is 9.20. The van der Waals surface area contributed by atoms with E-state index in [4.69, 9.17) is 5.11 Å². The second-order valence-electron chi connectivity index (χ2n) is 3.61. The van der Waals surface area contributed by atoms with E-state index in [0.717, 1.165) is 21.8 Å². The number of nitrogens with one attached hydrogen (secondary N) is 1. The Balaban J connectivity index is 2.30. The third-order valence-electron chi connectivity index (χ3n) is 2.17. The summed E-state index contributed by atoms with van der Waals surface area (Å²) in [5.74, 6) is 0.933. The SMILES string of the molecule is Cc1nc2ccc(SC(C)CO)cc2[nH]1. The van der Waals surface area contributed by atoms with Gasteiger partial charge in [0.15, 0.2) is 0 Å². The molecule has 0 saturated carbocycles. The van der Waals surface area contributed by atoms with Crippen molar-refractivity contribution in [3.05, 3.63) is 24.0 Å². The average molecular weight is 222 g/mol. The number of fused-ring (bicyclic) bond motifs is 1. The third kappa shape index (κ3) is 2.33. The predicted molar refractivity (Wildman–Crippen MR) is 63.2 cm³/mol. The number of aromatic nitrogens is 2. The van der Waals surface area contributed by atoms with Crippen LogP contribution in [0.1, 0.15) is 12.7 Å². The van der Waals surface area contributed by atoms with Crippen LogP contribution in [0.3, 0.4) is 0 Å². The molecule has 80 valence electrons. The van der Waals surface area contributed by atoms with Crippen molar-refractivity contribution in [3.63, 3.8) is 0 Å². The molecule has 1 unspecified atom stereocenters. The number of hydrogen-bond acceptors (Lipinski definition) is 3. The van der Waals surface area contributed by atoms with Crippen molar-refractivity contribution in [2.75, 3.05) is 6.61 Å². The first kappa shape index (κ1) is 10.5. The largest absolute Gasteiger partial charge is 0.395 e. The van der Waals surface area contributed by atoms with E-state index >= 15 is 0 Å². The molecular formula is C11H14N2OS. The van der Waals surface area contributed by atoms with Gasteiger partial charge in [0.25, 0.3) is 0 Å². The average Bonchev–Trinajstić information content (AvgIpc) is 2.57. The maximum absolute atomic E-state index is 8.97. The molecule has 1 aromatic heterocycles. The molecule has 0 bridgehead atoms. The summed E-state index contributed by atoms with van der Waals surface area (Å²) < 4.78 is 0. The molecule has 1 heterocycles. The molecule has 2 rings (SSSR count). The van der Waals surface area contributed by atoms with Gasteiger partial charge in [0, 0.05) is 10.1 Å². The zero-order chi connectivity index (χ0) is 10.8. The molecule has 3 nitrogen and oxygen atoms in total. The maximum atomic E-state index is 8.97. The van der Waals surface area contributed by atoms with E-state index < -0.39 is 0 Å². The summed E-state index contributed by atoms with van der Waals surface area (Å²) >= 11 is 1.67. The Kier molecular flexibility index (Phi) is 2.98. The number of H-pyrrole nitrogens is 1. The van der Waals surface area contributed by atoms with Gasteiger partial charge in [0.05, 0.1) is 17.6 Å². The fraction of sp³-hybridized carbons (Fsp3) is 0.364. The molecule has 0 amide bonds. The summed E-state index contributed by atoms with van der Waals surface area (Å²) in [6.07, 6.45) is 0. The highest BCUT2D eigenvalue weighted by Gasteiger charge is 2.05. The number of benzene rings is 1. The van der Waals surface area contributed by atoms with Crippen LogP contribution < -0.4 is 0 Å². The number of aromatic amines is 1. The van der Waals surface area contributed by atoms with E-state index in [1.807, 2.05) is 26.0 Å². The topological polar surface area (TPSA) is 48.9 Å². The van der Waals surface area contributed by atoms with Crippen molar-refractivity contribution in [3.8, 4) is 0 Å². The maximum Gasteiger partial charge on any atom is 0.104 e. The number of hydrogen-bond donors (Lipinski definition) is 2. The molecule has 4 heteroatoms. The molecule has 0 spiro atoms. The van der Waals surface area contributed by atoms with Gasteiger partial charge in [-0.15, -0.1) is 11.8 Å². The van der Waals surface area contributed by atoms with E-state index in [1.165, 1.54) is 0 Å². The van der Waals surface area contributed by atoms with Crippen molar-refractivity contribution in [2.45, 2.75) is 24.0 Å². The minimum Gasteiger partial charge on any atom is -0.395 e. The Bertz CT molecular complexity index is 467. The molecule has 2 aromatic rings. The van der Waals surface area contributed by atoms with E-state index in [1.54, 1.807) is 11.8 Å². The standard InChI is InChI=1S/C11H14N2OS/c1-7(6-14)15-9-3-4-10-11(5-9)13-8(2)12-10/h3-5,7,14H,6H2,1-2H3,(H,12,13). The van der Waals surface area contributed by atoms with Crippen molar-refractivity contribution in [2.24, 2.45) is 0 Å². The highest BCUT2D eigenvalue weighted by molar-refractivity contribution is 8.00. The summed E-state index contributed by atoms with van der Waals surface area (Å²) in [4.78, 5) is 8.70. The molecule has 2 N–H and O–H groups in total. The lowest BCUT2D eigenvalue weighted by molar-refractivity contribution is 0.300. The first-order valence-corrected chi connectivity index (χ1v) is 5.81. The predicted octanol–water partition coefficient (Wildman–Crippen LogP) is 2.34. The van der Waals surface area contributed by atoms with Crippen LogP contribution >= 0.6 is 11.8 Å². The van der Waals surface area contributed by atoms with E-state index in [9.17, 15) is 0 Å². The van der Waals surface area contributed by atoms with Crippen LogP contribution in [0.5, 0.6) is 0 Å². The molecule has 15 heavy (non-hydrogen) atoms. The van der Waals surface area contributed by atoms with Crippen LogP contribution in [-0.2, 0) is 0 Å². The van der Waals surface area contributed by atoms with Gasteiger partial charge in [-0.05, 0) is 25.1 Å². The van der Waals surface area contributed by atoms with Gasteiger partial charge in [-0.2, -0.15) is 0 Å². The minimum atomic E-state index is 0.199. The second-order valence-corrected chi connectivity index (χ2v) is 5.12. The number of aryl methyl sites for hydroxylation is 1. The molecular weight excluding hydrogens is 208 g/mol. The quantitative estimate of drug-likeness (QED) is 0.784. The lowest BCUT2D eigenvalue weighted by Crippen LogP contribution is -2.01. The van der Waals surface area contributed by atoms with E-state index in [0.29, 0.717) is 0 Å². The van der Waals surface area contributed by atoms with Crippen LogP contribution in [0.25, 0.3) is 11.0 Å². The Hall–Kier alpha value is -1.00. The molecule has 0 saturated heterocycles. The van der Waals surface area contributed by atoms with Gasteiger partial charge in [0.1, 0.15) is 5.82 Å². The van der Waals surface area contributed by atoms with Crippen LogP contribution in [0.2, 0.25) is 0 Å². The first-order chi connectivity index (χ1) is 7.19. The highest BCUT2D eigenvalue weighted by Crippen LogP contribution is 2.25. The molecule has 0 aliphatic rings. The zero-order valence-electron chi connectivity index (χ0n) is 8.82. The normalized spacial score (nSPS) is 13.3. The minimum absolute atomic E-state index is 0.199. The van der Waals surface area contributed by atoms with Crippen molar-refractivity contribution < 1.29 is 5.11 Å². The van der Waals surface area contributed by atoms with E-state index in [2.05, 4.69) is 16.0 Å². The lowest BCUT2D eigenvalue weighted by Gasteiger charge is -2.06. The van der Waals surface area contributed by atoms with Crippen molar-refractivity contribution in [1.29, 1.82) is 0 Å². The van der Waals surface area contributed by atoms with Crippen LogP contribution in [0, 0.1) is 6.92 Å². The Morgan fingerprint density at radius 2 is 2.33 bits per heavy atom.